The first-order valence-electron chi connectivity index (χ1n) is 8.88. The van der Waals surface area contributed by atoms with Crippen molar-refractivity contribution < 1.29 is 4.79 Å². The smallest absolute Gasteiger partial charge is 0.271 e. The summed E-state index contributed by atoms with van der Waals surface area (Å²) in [6.45, 7) is 0.581. The lowest BCUT2D eigenvalue weighted by atomic mass is 9.94. The third kappa shape index (κ3) is 2.52. The molecule has 1 atom stereocenters. The van der Waals surface area contributed by atoms with E-state index < -0.39 is 0 Å². The highest BCUT2D eigenvalue weighted by Crippen LogP contribution is 2.31. The Morgan fingerprint density at radius 2 is 1.92 bits per heavy atom. The molecule has 0 bridgehead atoms. The average Bonchev–Trinajstić information content (AvgIpc) is 3.32. The summed E-state index contributed by atoms with van der Waals surface area (Å²) in [4.78, 5) is 20.5. The Morgan fingerprint density at radius 3 is 2.77 bits per heavy atom. The lowest BCUT2D eigenvalue weighted by molar-refractivity contribution is 0.0950. The molecule has 2 aromatic heterocycles. The molecule has 0 fully saturated rings. The maximum absolute atomic E-state index is 12.5. The summed E-state index contributed by atoms with van der Waals surface area (Å²) in [6.07, 6.45) is 3.89. The van der Waals surface area contributed by atoms with E-state index in [2.05, 4.69) is 25.5 Å². The summed E-state index contributed by atoms with van der Waals surface area (Å²) < 4.78 is 0. The minimum atomic E-state index is -0.133. The molecule has 3 heterocycles. The molecular weight excluding hydrogens is 350 g/mol. The van der Waals surface area contributed by atoms with Crippen molar-refractivity contribution in [1.29, 1.82) is 0 Å². The number of aryl methyl sites for hydroxylation is 1. The quantitative estimate of drug-likeness (QED) is 0.650. The van der Waals surface area contributed by atoms with Crippen LogP contribution in [0.1, 0.15) is 45.3 Å². The highest BCUT2D eigenvalue weighted by atomic mass is 35.5. The van der Waals surface area contributed by atoms with Crippen LogP contribution in [0.2, 0.25) is 5.02 Å². The Labute approximate surface area is 155 Å². The van der Waals surface area contributed by atoms with Crippen LogP contribution in [0, 0.1) is 0 Å². The number of aromatic nitrogens is 4. The molecular formula is C19H18ClN5O. The van der Waals surface area contributed by atoms with E-state index in [9.17, 15) is 4.79 Å². The van der Waals surface area contributed by atoms with Gasteiger partial charge in [-0.2, -0.15) is 5.10 Å². The number of nitrogens with zero attached hydrogens (tertiary/aromatic N) is 2. The number of carbonyl (C=O) groups excluding carboxylic acids is 1. The lowest BCUT2D eigenvalue weighted by Gasteiger charge is -2.14. The molecule has 7 heteroatoms. The van der Waals surface area contributed by atoms with Crippen molar-refractivity contribution in [3.8, 4) is 11.5 Å². The molecule has 1 aliphatic carbocycles. The molecule has 3 aromatic rings. The first-order chi connectivity index (χ1) is 12.7. The normalized spacial score (nSPS) is 19.0. The van der Waals surface area contributed by atoms with Crippen LogP contribution in [0.4, 0.5) is 0 Å². The van der Waals surface area contributed by atoms with E-state index in [-0.39, 0.29) is 11.8 Å². The van der Waals surface area contributed by atoms with Crippen LogP contribution in [0.15, 0.2) is 24.3 Å². The number of halogens is 1. The van der Waals surface area contributed by atoms with Crippen LogP contribution >= 0.6 is 11.6 Å². The van der Waals surface area contributed by atoms with Gasteiger partial charge in [0.1, 0.15) is 11.4 Å². The summed E-state index contributed by atoms with van der Waals surface area (Å²) in [7, 11) is 0. The summed E-state index contributed by atoms with van der Waals surface area (Å²) in [5.41, 5.74) is 5.76. The Hall–Kier alpha value is -2.60. The van der Waals surface area contributed by atoms with E-state index in [0.717, 1.165) is 42.6 Å². The number of hydrogen-bond donors (Lipinski definition) is 3. The van der Waals surface area contributed by atoms with E-state index in [1.165, 1.54) is 11.3 Å². The van der Waals surface area contributed by atoms with Gasteiger partial charge in [0.2, 0.25) is 0 Å². The molecule has 0 unspecified atom stereocenters. The SMILES string of the molecule is O=C1NC[C@H](c2ccc(Cl)cc2)Cc2[nH]c(-c3n[nH]c4c3CCC4)nc21. The van der Waals surface area contributed by atoms with Gasteiger partial charge in [0, 0.05) is 34.4 Å². The van der Waals surface area contributed by atoms with Crippen LogP contribution < -0.4 is 5.32 Å². The van der Waals surface area contributed by atoms with E-state index in [1.807, 2.05) is 24.3 Å². The van der Waals surface area contributed by atoms with Gasteiger partial charge in [-0.05, 0) is 43.4 Å². The van der Waals surface area contributed by atoms with Crippen molar-refractivity contribution in [2.75, 3.05) is 6.54 Å². The monoisotopic (exact) mass is 367 g/mol. The van der Waals surface area contributed by atoms with Gasteiger partial charge in [-0.25, -0.2) is 4.98 Å². The number of rotatable bonds is 2. The number of nitrogens with one attached hydrogen (secondary N) is 3. The highest BCUT2D eigenvalue weighted by molar-refractivity contribution is 6.30. The van der Waals surface area contributed by atoms with Crippen molar-refractivity contribution in [3.63, 3.8) is 0 Å². The van der Waals surface area contributed by atoms with Gasteiger partial charge in [-0.3, -0.25) is 9.89 Å². The summed E-state index contributed by atoms with van der Waals surface area (Å²) in [5, 5.41) is 11.2. The second-order valence-corrected chi connectivity index (χ2v) is 7.39. The van der Waals surface area contributed by atoms with Crippen molar-refractivity contribution in [3.05, 3.63) is 57.5 Å². The first-order valence-corrected chi connectivity index (χ1v) is 9.26. The number of carbonyl (C=O) groups is 1. The van der Waals surface area contributed by atoms with Crippen molar-refractivity contribution >= 4 is 17.5 Å². The Bertz CT molecular complexity index is 988. The number of benzene rings is 1. The van der Waals surface area contributed by atoms with Gasteiger partial charge in [0.05, 0.1) is 0 Å². The topological polar surface area (TPSA) is 86.5 Å². The summed E-state index contributed by atoms with van der Waals surface area (Å²) in [5.74, 6) is 0.725. The molecule has 1 aromatic carbocycles. The standard InChI is InChI=1S/C19H18ClN5O/c20-12-6-4-10(5-7-12)11-8-15-17(19(26)21-9-11)23-18(22-15)16-13-2-1-3-14(13)24-25-16/h4-7,11H,1-3,8-9H2,(H,21,26)(H,22,23)(H,24,25)/t11-/m1/s1. The molecule has 2 aliphatic rings. The van der Waals surface area contributed by atoms with Crippen LogP contribution in [-0.4, -0.2) is 32.6 Å². The molecule has 6 nitrogen and oxygen atoms in total. The zero-order valence-corrected chi connectivity index (χ0v) is 14.9. The Morgan fingerprint density at radius 1 is 1.08 bits per heavy atom. The number of aromatic amines is 2. The van der Waals surface area contributed by atoms with Gasteiger partial charge in [-0.15, -0.1) is 0 Å². The fraction of sp³-hybridized carbons (Fsp3) is 0.316. The number of H-pyrrole nitrogens is 2. The predicted octanol–water partition coefficient (Wildman–Crippen LogP) is 3.01. The molecule has 0 saturated carbocycles. The molecule has 0 radical (unpaired) electrons. The third-order valence-electron chi connectivity index (χ3n) is 5.33. The number of imidazole rings is 1. The molecule has 132 valence electrons. The summed E-state index contributed by atoms with van der Waals surface area (Å²) in [6, 6.07) is 7.80. The van der Waals surface area contributed by atoms with Crippen molar-refractivity contribution in [2.24, 2.45) is 0 Å². The molecule has 1 aliphatic heterocycles. The van der Waals surface area contributed by atoms with E-state index in [1.54, 1.807) is 0 Å². The minimum absolute atomic E-state index is 0.133. The van der Waals surface area contributed by atoms with E-state index >= 15 is 0 Å². The second kappa shape index (κ2) is 5.99. The zero-order valence-electron chi connectivity index (χ0n) is 14.1. The maximum atomic E-state index is 12.5. The largest absolute Gasteiger partial charge is 0.350 e. The van der Waals surface area contributed by atoms with Crippen molar-refractivity contribution in [1.82, 2.24) is 25.5 Å². The van der Waals surface area contributed by atoms with Crippen molar-refractivity contribution in [2.45, 2.75) is 31.6 Å². The third-order valence-corrected chi connectivity index (χ3v) is 5.58. The average molecular weight is 368 g/mol. The number of amides is 1. The molecule has 3 N–H and O–H groups in total. The second-order valence-electron chi connectivity index (χ2n) is 6.96. The van der Waals surface area contributed by atoms with Gasteiger partial charge >= 0.3 is 0 Å². The zero-order chi connectivity index (χ0) is 17.7. The van der Waals surface area contributed by atoms with E-state index in [4.69, 9.17) is 11.6 Å². The van der Waals surface area contributed by atoms with Crippen LogP contribution in [0.25, 0.3) is 11.5 Å². The minimum Gasteiger partial charge on any atom is -0.350 e. The van der Waals surface area contributed by atoms with Gasteiger partial charge in [-0.1, -0.05) is 23.7 Å². The fourth-order valence-electron chi connectivity index (χ4n) is 3.96. The fourth-order valence-corrected chi connectivity index (χ4v) is 4.09. The van der Waals surface area contributed by atoms with Crippen LogP contribution in [0.3, 0.4) is 0 Å². The molecule has 0 spiro atoms. The molecule has 26 heavy (non-hydrogen) atoms. The first kappa shape index (κ1) is 15.6. The van der Waals surface area contributed by atoms with Crippen LogP contribution in [-0.2, 0) is 19.3 Å². The summed E-state index contributed by atoms with van der Waals surface area (Å²) >= 11 is 6.00. The lowest BCUT2D eigenvalue weighted by Crippen LogP contribution is -2.26. The maximum Gasteiger partial charge on any atom is 0.271 e. The molecule has 1 amide bonds. The van der Waals surface area contributed by atoms with Gasteiger partial charge in [0.25, 0.3) is 5.91 Å². The van der Waals surface area contributed by atoms with Crippen LogP contribution in [0.5, 0.6) is 0 Å². The predicted molar refractivity (Wildman–Crippen MR) is 98.4 cm³/mol. The number of hydrogen-bond acceptors (Lipinski definition) is 3. The van der Waals surface area contributed by atoms with E-state index in [0.29, 0.717) is 23.1 Å². The molecule has 5 rings (SSSR count). The Kier molecular flexibility index (Phi) is 3.60. The number of fused-ring (bicyclic) bond motifs is 2. The highest BCUT2D eigenvalue weighted by Gasteiger charge is 2.28. The van der Waals surface area contributed by atoms with Gasteiger partial charge in [0.15, 0.2) is 5.82 Å². The molecule has 0 saturated heterocycles. The Balaban J connectivity index is 1.51. The van der Waals surface area contributed by atoms with Gasteiger partial charge < -0.3 is 10.3 Å².